The number of carbonyl (C=O) groups excluding carboxylic acids is 1. The number of ether oxygens (including phenoxy) is 1. The zero-order chi connectivity index (χ0) is 14.3. The molecule has 106 valence electrons. The van der Waals surface area contributed by atoms with Crippen LogP contribution in [0.2, 0.25) is 0 Å². The van der Waals surface area contributed by atoms with Gasteiger partial charge < -0.3 is 20.5 Å². The number of hydrogen-bond donors (Lipinski definition) is 3. The highest BCUT2D eigenvalue weighted by Gasteiger charge is 2.10. The van der Waals surface area contributed by atoms with Gasteiger partial charge in [-0.05, 0) is 38.0 Å². The lowest BCUT2D eigenvalue weighted by atomic mass is 10.1. The lowest BCUT2D eigenvalue weighted by Gasteiger charge is -2.17. The fourth-order valence-corrected chi connectivity index (χ4v) is 1.82. The minimum Gasteiger partial charge on any atom is -0.508 e. The molecule has 0 saturated heterocycles. The first-order valence-corrected chi connectivity index (χ1v) is 6.35. The second-order valence-corrected chi connectivity index (χ2v) is 4.75. The molecule has 1 aromatic rings. The minimum atomic E-state index is -0.198. The largest absolute Gasteiger partial charge is 0.508 e. The van der Waals surface area contributed by atoms with Crippen molar-refractivity contribution in [1.82, 2.24) is 10.6 Å². The maximum Gasteiger partial charge on any atom is 0.315 e. The quantitative estimate of drug-likeness (QED) is 0.733. The van der Waals surface area contributed by atoms with Gasteiger partial charge in [0.25, 0.3) is 0 Å². The smallest absolute Gasteiger partial charge is 0.315 e. The van der Waals surface area contributed by atoms with Crippen molar-refractivity contribution < 1.29 is 14.6 Å². The first kappa shape index (κ1) is 15.3. The number of methoxy groups -OCH3 is 1. The van der Waals surface area contributed by atoms with Gasteiger partial charge in [0.1, 0.15) is 5.75 Å². The summed E-state index contributed by atoms with van der Waals surface area (Å²) in [7, 11) is 1.60. The minimum absolute atomic E-state index is 0.0132. The van der Waals surface area contributed by atoms with E-state index in [4.69, 9.17) is 4.74 Å². The van der Waals surface area contributed by atoms with Crippen molar-refractivity contribution in [3.63, 3.8) is 0 Å². The van der Waals surface area contributed by atoms with Crippen LogP contribution in [-0.4, -0.2) is 36.9 Å². The molecule has 19 heavy (non-hydrogen) atoms. The topological polar surface area (TPSA) is 70.6 Å². The van der Waals surface area contributed by atoms with E-state index in [-0.39, 0.29) is 23.9 Å². The van der Waals surface area contributed by atoms with Gasteiger partial charge in [0.05, 0.1) is 12.6 Å². The normalized spacial score (nSPS) is 13.6. The van der Waals surface area contributed by atoms with Crippen LogP contribution in [0.4, 0.5) is 4.79 Å². The summed E-state index contributed by atoms with van der Waals surface area (Å²) in [5, 5.41) is 14.9. The van der Waals surface area contributed by atoms with Crippen LogP contribution in [-0.2, 0) is 11.2 Å². The van der Waals surface area contributed by atoms with Gasteiger partial charge in [-0.15, -0.1) is 0 Å². The van der Waals surface area contributed by atoms with Gasteiger partial charge in [0, 0.05) is 13.2 Å². The molecule has 0 aromatic heterocycles. The molecule has 0 aliphatic carbocycles. The Morgan fingerprint density at radius 3 is 2.37 bits per heavy atom. The maximum atomic E-state index is 11.7. The molecular formula is C14H22N2O3. The number of phenols is 1. The summed E-state index contributed by atoms with van der Waals surface area (Å²) < 4.78 is 4.95. The van der Waals surface area contributed by atoms with Crippen LogP contribution in [0.5, 0.6) is 5.75 Å². The number of aromatic hydroxyl groups is 1. The number of nitrogens with one attached hydrogen (secondary N) is 2. The number of phenolic OH excluding ortho intramolecular Hbond substituents is 1. The zero-order valence-electron chi connectivity index (χ0n) is 11.6. The summed E-state index contributed by atoms with van der Waals surface area (Å²) in [5.41, 5.74) is 1.07. The van der Waals surface area contributed by atoms with E-state index in [0.717, 1.165) is 5.56 Å². The second kappa shape index (κ2) is 7.63. The van der Waals surface area contributed by atoms with Gasteiger partial charge in [0.15, 0.2) is 0 Å². The monoisotopic (exact) mass is 266 g/mol. The van der Waals surface area contributed by atoms with Crippen molar-refractivity contribution in [1.29, 1.82) is 0 Å². The predicted octanol–water partition coefficient (Wildman–Crippen LogP) is 1.66. The number of carbonyl (C=O) groups is 1. The van der Waals surface area contributed by atoms with Crippen LogP contribution in [0, 0.1) is 0 Å². The average molecular weight is 266 g/mol. The van der Waals surface area contributed by atoms with E-state index in [1.807, 2.05) is 26.0 Å². The van der Waals surface area contributed by atoms with E-state index in [2.05, 4.69) is 10.6 Å². The molecule has 0 aliphatic rings. The Bertz CT molecular complexity index is 392. The molecule has 3 N–H and O–H groups in total. The highest BCUT2D eigenvalue weighted by atomic mass is 16.5. The molecule has 5 nitrogen and oxygen atoms in total. The Hall–Kier alpha value is -1.75. The third kappa shape index (κ3) is 6.10. The van der Waals surface area contributed by atoms with Crippen molar-refractivity contribution >= 4 is 6.03 Å². The van der Waals surface area contributed by atoms with Crippen LogP contribution in [0.25, 0.3) is 0 Å². The summed E-state index contributed by atoms with van der Waals surface area (Å²) in [6, 6.07) is 6.77. The zero-order valence-corrected chi connectivity index (χ0v) is 11.6. The Labute approximate surface area is 114 Å². The molecule has 0 fully saturated rings. The van der Waals surface area contributed by atoms with Gasteiger partial charge in [-0.2, -0.15) is 0 Å². The maximum absolute atomic E-state index is 11.7. The molecule has 0 aliphatic heterocycles. The third-order valence-electron chi connectivity index (χ3n) is 2.65. The molecule has 2 unspecified atom stereocenters. The Balaban J connectivity index is 2.36. The molecule has 2 amide bonds. The van der Waals surface area contributed by atoms with Crippen molar-refractivity contribution in [2.45, 2.75) is 32.4 Å². The number of benzene rings is 1. The average Bonchev–Trinajstić information content (AvgIpc) is 2.32. The summed E-state index contributed by atoms with van der Waals surface area (Å²) in [6.07, 6.45) is 0.715. The van der Waals surface area contributed by atoms with Crippen LogP contribution < -0.4 is 10.6 Å². The lowest BCUT2D eigenvalue weighted by Crippen LogP contribution is -2.46. The van der Waals surface area contributed by atoms with E-state index >= 15 is 0 Å². The standard InChI is InChI=1S/C14H22N2O3/c1-10(8-12-4-6-13(17)7-5-12)15-14(18)16-11(2)9-19-3/h4-7,10-11,17H,8-9H2,1-3H3,(H2,15,16,18). The fraction of sp³-hybridized carbons (Fsp3) is 0.500. The number of amides is 2. The van der Waals surface area contributed by atoms with Crippen LogP contribution in [0.3, 0.4) is 0 Å². The molecule has 0 spiro atoms. The van der Waals surface area contributed by atoms with Crippen LogP contribution in [0.15, 0.2) is 24.3 Å². The molecule has 0 heterocycles. The SMILES string of the molecule is COCC(C)NC(=O)NC(C)Cc1ccc(O)cc1. The molecule has 1 aromatic carbocycles. The number of hydrogen-bond acceptors (Lipinski definition) is 3. The summed E-state index contributed by atoms with van der Waals surface area (Å²) in [4.78, 5) is 11.7. The number of urea groups is 1. The second-order valence-electron chi connectivity index (χ2n) is 4.75. The predicted molar refractivity (Wildman–Crippen MR) is 74.3 cm³/mol. The first-order valence-electron chi connectivity index (χ1n) is 6.35. The van der Waals surface area contributed by atoms with Gasteiger partial charge in [-0.3, -0.25) is 0 Å². The molecule has 1 rings (SSSR count). The van der Waals surface area contributed by atoms with Gasteiger partial charge >= 0.3 is 6.03 Å². The van der Waals surface area contributed by atoms with E-state index < -0.39 is 0 Å². The number of rotatable bonds is 6. The summed E-state index contributed by atoms with van der Waals surface area (Å²) >= 11 is 0. The molecule has 0 radical (unpaired) electrons. The van der Waals surface area contributed by atoms with E-state index in [1.54, 1.807) is 19.2 Å². The fourth-order valence-electron chi connectivity index (χ4n) is 1.82. The van der Waals surface area contributed by atoms with Crippen LogP contribution >= 0.6 is 0 Å². The molecule has 2 atom stereocenters. The molecular weight excluding hydrogens is 244 g/mol. The third-order valence-corrected chi connectivity index (χ3v) is 2.65. The van der Waals surface area contributed by atoms with Crippen LogP contribution in [0.1, 0.15) is 19.4 Å². The highest BCUT2D eigenvalue weighted by molar-refractivity contribution is 5.74. The van der Waals surface area contributed by atoms with Gasteiger partial charge in [-0.1, -0.05) is 12.1 Å². The van der Waals surface area contributed by atoms with E-state index in [1.165, 1.54) is 0 Å². The first-order chi connectivity index (χ1) is 9.01. The van der Waals surface area contributed by atoms with Crippen molar-refractivity contribution in [3.8, 4) is 5.75 Å². The summed E-state index contributed by atoms with van der Waals surface area (Å²) in [5.74, 6) is 0.246. The van der Waals surface area contributed by atoms with Crippen molar-refractivity contribution in [2.24, 2.45) is 0 Å². The van der Waals surface area contributed by atoms with Gasteiger partial charge in [0.2, 0.25) is 0 Å². The Morgan fingerprint density at radius 2 is 1.79 bits per heavy atom. The van der Waals surface area contributed by atoms with Crippen molar-refractivity contribution in [3.05, 3.63) is 29.8 Å². The van der Waals surface area contributed by atoms with E-state index in [9.17, 15) is 9.90 Å². The lowest BCUT2D eigenvalue weighted by molar-refractivity contribution is 0.170. The highest BCUT2D eigenvalue weighted by Crippen LogP contribution is 2.11. The Morgan fingerprint density at radius 1 is 1.21 bits per heavy atom. The van der Waals surface area contributed by atoms with Crippen molar-refractivity contribution in [2.75, 3.05) is 13.7 Å². The Kier molecular flexibility index (Phi) is 6.15. The summed E-state index contributed by atoms with van der Waals surface area (Å²) in [6.45, 7) is 4.31. The van der Waals surface area contributed by atoms with E-state index in [0.29, 0.717) is 13.0 Å². The molecule has 0 bridgehead atoms. The molecule has 5 heteroatoms. The van der Waals surface area contributed by atoms with Gasteiger partial charge in [-0.25, -0.2) is 4.79 Å². The molecule has 0 saturated carbocycles.